The van der Waals surface area contributed by atoms with Crippen LogP contribution in [-0.2, 0) is 72.6 Å². The zero-order valence-corrected chi connectivity index (χ0v) is 7.01. The summed E-state index contributed by atoms with van der Waals surface area (Å²) in [5.74, 6) is 0. The minimum Gasteiger partial charge on any atom is 0 e. The Bertz CT molecular complexity index is 11.6. The van der Waals surface area contributed by atoms with Gasteiger partial charge < -0.3 is 0 Å². The van der Waals surface area contributed by atoms with Crippen molar-refractivity contribution >= 4 is 0 Å². The smallest absolute Gasteiger partial charge is 0 e. The molecule has 0 unspecified atom stereocenters. The first-order valence-corrected chi connectivity index (χ1v) is 0. The van der Waals surface area contributed by atoms with E-state index in [-0.39, 0.29) is 80.1 Å². The van der Waals surface area contributed by atoms with E-state index >= 15 is 0 Å². The van der Waals surface area contributed by atoms with Crippen molar-refractivity contribution in [2.24, 2.45) is 0 Å². The summed E-state index contributed by atoms with van der Waals surface area (Å²) in [6, 6.07) is 0. The van der Waals surface area contributed by atoms with E-state index in [1.54, 1.807) is 0 Å². The maximum absolute atomic E-state index is 0. The topological polar surface area (TPSA) is 0 Å². The number of hydrogen-bond acceptors (Lipinski definition) is 0. The van der Waals surface area contributed by atoms with Gasteiger partial charge in [-0.1, -0.05) is 0 Å². The van der Waals surface area contributed by atoms with Crippen molar-refractivity contribution in [3.8, 4) is 0 Å². The molecule has 0 N–H and O–H groups in total. The minimum absolute atomic E-state index is 0. The second-order valence-electron chi connectivity index (χ2n) is 0. The molecule has 0 aliphatic heterocycles. The molecule has 0 saturated heterocycles. The fraction of sp³-hybridized carbons (Fsp3) is 0. The molecule has 0 bridgehead atoms. The fourth-order valence-electron chi connectivity index (χ4n) is 0. The van der Waals surface area contributed by atoms with E-state index in [1.807, 2.05) is 0 Å². The van der Waals surface area contributed by atoms with Gasteiger partial charge in [0.15, 0.2) is 0 Å². The average molecular weight is 226 g/mol. The summed E-state index contributed by atoms with van der Waals surface area (Å²) < 4.78 is 0. The second-order valence-corrected chi connectivity index (χ2v) is 0. The zero-order valence-electron chi connectivity index (χ0n) is 2.08. The van der Waals surface area contributed by atoms with Crippen LogP contribution in [0.5, 0.6) is 0 Å². The Morgan fingerprint density at radius 2 is 1.00 bits per heavy atom. The molecule has 0 aliphatic carbocycles. The van der Waals surface area contributed by atoms with Crippen LogP contribution in [0.15, 0.2) is 0 Å². The Morgan fingerprint density at radius 1 is 1.00 bits per heavy atom. The minimum atomic E-state index is 0. The third kappa shape index (κ3) is 22.2. The van der Waals surface area contributed by atoms with E-state index in [1.165, 1.54) is 0 Å². The van der Waals surface area contributed by atoms with Gasteiger partial charge in [-0.3, -0.25) is 0 Å². The van der Waals surface area contributed by atoms with E-state index in [0.717, 1.165) is 0 Å². The first-order valence-electron chi connectivity index (χ1n) is 0. The van der Waals surface area contributed by atoms with Gasteiger partial charge in [0, 0.05) is 80.1 Å². The SMILES string of the molecule is [C].[Cr].[Fe].[Ni].[Ti]. The van der Waals surface area contributed by atoms with Crippen LogP contribution < -0.4 is 0 Å². The molecule has 0 amide bonds. The van der Waals surface area contributed by atoms with Crippen molar-refractivity contribution in [1.82, 2.24) is 0 Å². The molecule has 32 valence electrons. The molecule has 0 heterocycles. The summed E-state index contributed by atoms with van der Waals surface area (Å²) in [6.07, 6.45) is 0. The van der Waals surface area contributed by atoms with Gasteiger partial charge in [0.25, 0.3) is 0 Å². The summed E-state index contributed by atoms with van der Waals surface area (Å²) in [5.41, 5.74) is 0. The monoisotopic (exact) mass is 226 g/mol. The van der Waals surface area contributed by atoms with Crippen LogP contribution in [0, 0.1) is 7.43 Å². The second kappa shape index (κ2) is 33.9. The molecule has 0 fully saturated rings. The maximum Gasteiger partial charge on any atom is 0 e. The first kappa shape index (κ1) is 55.7. The molecule has 0 spiro atoms. The first-order chi connectivity index (χ1) is 0. The molecule has 5 heavy (non-hydrogen) atoms. The standard InChI is InChI=1S/C.Cr.Fe.Ni.Ti. The fourth-order valence-corrected chi connectivity index (χ4v) is 0. The summed E-state index contributed by atoms with van der Waals surface area (Å²) in [4.78, 5) is 0. The van der Waals surface area contributed by atoms with Crippen LogP contribution in [-0.4, -0.2) is 0 Å². The van der Waals surface area contributed by atoms with Gasteiger partial charge in [0.05, 0.1) is 0 Å². The number of rotatable bonds is 0. The van der Waals surface area contributed by atoms with Gasteiger partial charge in [-0.05, 0) is 0 Å². The van der Waals surface area contributed by atoms with Crippen molar-refractivity contribution in [2.45, 2.75) is 0 Å². The Kier molecular flexibility index (Phi) is 378. The molecular formula is CCrFeNiTi. The normalized spacial score (nSPS) is 0. The van der Waals surface area contributed by atoms with Crippen LogP contribution in [0.2, 0.25) is 0 Å². The van der Waals surface area contributed by atoms with E-state index < -0.39 is 0 Å². The van der Waals surface area contributed by atoms with Crippen molar-refractivity contribution in [3.05, 3.63) is 7.43 Å². The van der Waals surface area contributed by atoms with Gasteiger partial charge in [-0.25, -0.2) is 0 Å². The van der Waals surface area contributed by atoms with Crippen molar-refractivity contribution in [3.63, 3.8) is 0 Å². The molecule has 0 saturated carbocycles. The Morgan fingerprint density at radius 3 is 1.00 bits per heavy atom. The Hall–Kier alpha value is 2.26. The molecule has 0 aliphatic rings. The van der Waals surface area contributed by atoms with Gasteiger partial charge in [0.2, 0.25) is 0 Å². The van der Waals surface area contributed by atoms with Crippen LogP contribution in [0.25, 0.3) is 0 Å². The van der Waals surface area contributed by atoms with E-state index in [0.29, 0.717) is 0 Å². The molecule has 0 rings (SSSR count). The largest absolute Gasteiger partial charge is 0 e. The quantitative estimate of drug-likeness (QED) is 0.513. The van der Waals surface area contributed by atoms with E-state index in [9.17, 15) is 0 Å². The van der Waals surface area contributed by atoms with Crippen LogP contribution in [0.1, 0.15) is 0 Å². The molecule has 0 aromatic carbocycles. The van der Waals surface area contributed by atoms with Gasteiger partial charge in [-0.2, -0.15) is 0 Å². The molecule has 0 aromatic heterocycles. The van der Waals surface area contributed by atoms with Crippen molar-refractivity contribution in [2.75, 3.05) is 0 Å². The van der Waals surface area contributed by atoms with Gasteiger partial charge in [-0.15, -0.1) is 0 Å². The van der Waals surface area contributed by atoms with Crippen molar-refractivity contribution < 1.29 is 72.6 Å². The molecule has 0 atom stereocenters. The average Bonchev–Trinajstić information content (AvgIpc) is 0. The Labute approximate surface area is 79.3 Å². The Balaban J connectivity index is 0. The predicted molar refractivity (Wildman–Crippen MR) is 3.24 cm³/mol. The van der Waals surface area contributed by atoms with Gasteiger partial charge in [0.1, 0.15) is 0 Å². The third-order valence-corrected chi connectivity index (χ3v) is 0. The van der Waals surface area contributed by atoms with Crippen LogP contribution in [0.4, 0.5) is 0 Å². The van der Waals surface area contributed by atoms with Crippen molar-refractivity contribution in [1.29, 1.82) is 0 Å². The summed E-state index contributed by atoms with van der Waals surface area (Å²) in [5, 5.41) is 0. The van der Waals surface area contributed by atoms with E-state index in [4.69, 9.17) is 0 Å². The number of hydrogen-bond donors (Lipinski definition) is 0. The van der Waals surface area contributed by atoms with Crippen LogP contribution >= 0.6 is 0 Å². The van der Waals surface area contributed by atoms with E-state index in [2.05, 4.69) is 0 Å². The predicted octanol–water partition coefficient (Wildman–Crippen LogP) is 0.0713. The summed E-state index contributed by atoms with van der Waals surface area (Å²) in [6.45, 7) is 0. The summed E-state index contributed by atoms with van der Waals surface area (Å²) in [7, 11) is 0. The molecular weight excluding hydrogens is 226 g/mol. The molecule has 4 heteroatoms. The third-order valence-electron chi connectivity index (χ3n) is 0. The zero-order chi connectivity index (χ0) is 0. The van der Waals surface area contributed by atoms with Crippen LogP contribution in [0.3, 0.4) is 0 Å². The maximum atomic E-state index is 0. The molecule has 0 aromatic rings. The van der Waals surface area contributed by atoms with Gasteiger partial charge >= 0.3 is 0 Å². The molecule has 4 radical (unpaired) electrons. The summed E-state index contributed by atoms with van der Waals surface area (Å²) >= 11 is 0. The molecule has 0 nitrogen and oxygen atoms in total.